The Balaban J connectivity index is 2.12. The molecule has 0 aromatic carbocycles. The molecule has 2 heterocycles. The summed E-state index contributed by atoms with van der Waals surface area (Å²) in [4.78, 5) is 12.0. The van der Waals surface area contributed by atoms with E-state index in [-0.39, 0.29) is 22.8 Å². The monoisotopic (exact) mass is 343 g/mol. The first kappa shape index (κ1) is 17.9. The third kappa shape index (κ3) is 3.74. The van der Waals surface area contributed by atoms with Crippen molar-refractivity contribution in [3.05, 3.63) is 11.9 Å². The van der Waals surface area contributed by atoms with Gasteiger partial charge in [-0.2, -0.15) is 9.40 Å². The molecule has 1 aromatic rings. The summed E-state index contributed by atoms with van der Waals surface area (Å²) in [5.74, 6) is -0.436. The summed E-state index contributed by atoms with van der Waals surface area (Å²) in [6.45, 7) is 8.40. The van der Waals surface area contributed by atoms with E-state index < -0.39 is 10.0 Å². The zero-order valence-corrected chi connectivity index (χ0v) is 15.0. The van der Waals surface area contributed by atoms with Gasteiger partial charge in [0.2, 0.25) is 10.0 Å². The molecule has 0 amide bonds. The molecule has 1 aliphatic heterocycles. The van der Waals surface area contributed by atoms with Crippen molar-refractivity contribution in [3.8, 4) is 0 Å². The zero-order valence-electron chi connectivity index (χ0n) is 14.2. The number of aromatic nitrogens is 2. The molecule has 23 heavy (non-hydrogen) atoms. The Morgan fingerprint density at radius 3 is 2.48 bits per heavy atom. The van der Waals surface area contributed by atoms with Crippen LogP contribution in [0, 0.1) is 12.8 Å². The van der Waals surface area contributed by atoms with Crippen LogP contribution in [-0.4, -0.2) is 48.2 Å². The molecule has 1 aromatic heterocycles. The Labute approximate surface area is 137 Å². The van der Waals surface area contributed by atoms with Gasteiger partial charge in [-0.05, 0) is 40.5 Å². The molecule has 0 aliphatic carbocycles. The van der Waals surface area contributed by atoms with E-state index in [0.29, 0.717) is 38.2 Å². The number of esters is 1. The second-order valence-electron chi connectivity index (χ2n) is 6.08. The largest absolute Gasteiger partial charge is 0.466 e. The highest BCUT2D eigenvalue weighted by molar-refractivity contribution is 7.89. The van der Waals surface area contributed by atoms with E-state index in [2.05, 4.69) is 5.10 Å². The van der Waals surface area contributed by atoms with Gasteiger partial charge < -0.3 is 4.74 Å². The van der Waals surface area contributed by atoms with E-state index in [1.54, 1.807) is 24.7 Å². The molecule has 1 saturated heterocycles. The van der Waals surface area contributed by atoms with Crippen LogP contribution in [0.1, 0.15) is 45.3 Å². The SMILES string of the molecule is CCOC(=O)C1CCN(S(=O)(=O)c2cn(C(C)C)nc2C)CC1. The Morgan fingerprint density at radius 1 is 1.39 bits per heavy atom. The lowest BCUT2D eigenvalue weighted by molar-refractivity contribution is -0.149. The summed E-state index contributed by atoms with van der Waals surface area (Å²) in [5, 5.41) is 4.28. The number of piperidine rings is 1. The summed E-state index contributed by atoms with van der Waals surface area (Å²) in [5.41, 5.74) is 0.506. The molecular formula is C15H25N3O4S. The van der Waals surface area contributed by atoms with Crippen LogP contribution < -0.4 is 0 Å². The molecule has 0 unspecified atom stereocenters. The predicted octanol–water partition coefficient (Wildman–Crippen LogP) is 1.74. The zero-order chi connectivity index (χ0) is 17.2. The number of nitrogens with zero attached hydrogens (tertiary/aromatic N) is 3. The van der Waals surface area contributed by atoms with Crippen molar-refractivity contribution in [2.45, 2.75) is 51.5 Å². The first-order chi connectivity index (χ1) is 10.8. The fourth-order valence-electron chi connectivity index (χ4n) is 2.71. The standard InChI is InChI=1S/C15H25N3O4S/c1-5-22-15(19)13-6-8-17(9-7-13)23(20,21)14-10-18(11(2)3)16-12(14)4/h10-11,13H,5-9H2,1-4H3. The van der Waals surface area contributed by atoms with Crippen molar-refractivity contribution in [2.75, 3.05) is 19.7 Å². The second-order valence-corrected chi connectivity index (χ2v) is 7.99. The van der Waals surface area contributed by atoms with Gasteiger partial charge in [0.15, 0.2) is 0 Å². The molecule has 0 atom stereocenters. The number of ether oxygens (including phenoxy) is 1. The lowest BCUT2D eigenvalue weighted by Crippen LogP contribution is -2.40. The number of rotatable bonds is 5. The lowest BCUT2D eigenvalue weighted by Gasteiger charge is -2.29. The summed E-state index contributed by atoms with van der Waals surface area (Å²) in [7, 11) is -3.57. The molecule has 2 rings (SSSR count). The Bertz CT molecular complexity index is 658. The maximum atomic E-state index is 12.8. The van der Waals surface area contributed by atoms with Crippen LogP contribution in [0.4, 0.5) is 0 Å². The van der Waals surface area contributed by atoms with Gasteiger partial charge in [-0.3, -0.25) is 9.48 Å². The summed E-state index contributed by atoms with van der Waals surface area (Å²) in [6.07, 6.45) is 2.58. The quantitative estimate of drug-likeness (QED) is 0.761. The van der Waals surface area contributed by atoms with Gasteiger partial charge in [0.05, 0.1) is 18.2 Å². The van der Waals surface area contributed by atoms with Crippen molar-refractivity contribution in [1.29, 1.82) is 0 Å². The van der Waals surface area contributed by atoms with E-state index in [1.807, 2.05) is 13.8 Å². The first-order valence-electron chi connectivity index (χ1n) is 8.00. The smallest absolute Gasteiger partial charge is 0.309 e. The Hall–Kier alpha value is -1.41. The molecule has 1 aliphatic rings. The summed E-state index contributed by atoms with van der Waals surface area (Å²) in [6, 6.07) is 0.104. The fraction of sp³-hybridized carbons (Fsp3) is 0.733. The van der Waals surface area contributed by atoms with Gasteiger partial charge in [-0.25, -0.2) is 8.42 Å². The maximum absolute atomic E-state index is 12.8. The van der Waals surface area contributed by atoms with Crippen LogP contribution in [0.3, 0.4) is 0 Å². The van der Waals surface area contributed by atoms with Crippen molar-refractivity contribution in [2.24, 2.45) is 5.92 Å². The number of sulfonamides is 1. The highest BCUT2D eigenvalue weighted by atomic mass is 32.2. The van der Waals surface area contributed by atoms with Crippen molar-refractivity contribution in [1.82, 2.24) is 14.1 Å². The van der Waals surface area contributed by atoms with Crippen LogP contribution in [0.5, 0.6) is 0 Å². The van der Waals surface area contributed by atoms with Gasteiger partial charge in [0.25, 0.3) is 0 Å². The van der Waals surface area contributed by atoms with E-state index in [0.717, 1.165) is 0 Å². The van der Waals surface area contributed by atoms with Crippen molar-refractivity contribution >= 4 is 16.0 Å². The minimum absolute atomic E-state index is 0.104. The summed E-state index contributed by atoms with van der Waals surface area (Å²) >= 11 is 0. The highest BCUT2D eigenvalue weighted by Gasteiger charge is 2.34. The van der Waals surface area contributed by atoms with Crippen molar-refractivity contribution in [3.63, 3.8) is 0 Å². The van der Waals surface area contributed by atoms with Crippen LogP contribution in [0.15, 0.2) is 11.1 Å². The van der Waals surface area contributed by atoms with Crippen LogP contribution in [0.2, 0.25) is 0 Å². The second kappa shape index (κ2) is 7.00. The average molecular weight is 343 g/mol. The predicted molar refractivity (Wildman–Crippen MR) is 85.5 cm³/mol. The van der Waals surface area contributed by atoms with Gasteiger partial charge in [-0.1, -0.05) is 0 Å². The molecule has 8 heteroatoms. The van der Waals surface area contributed by atoms with Gasteiger partial charge in [0, 0.05) is 25.3 Å². The third-order valence-electron chi connectivity index (χ3n) is 4.09. The minimum Gasteiger partial charge on any atom is -0.466 e. The number of aryl methyl sites for hydroxylation is 1. The lowest BCUT2D eigenvalue weighted by atomic mass is 9.98. The van der Waals surface area contributed by atoms with Crippen LogP contribution >= 0.6 is 0 Å². The third-order valence-corrected chi connectivity index (χ3v) is 6.09. The fourth-order valence-corrected chi connectivity index (χ4v) is 4.34. The van der Waals surface area contributed by atoms with E-state index in [1.165, 1.54) is 4.31 Å². The number of carbonyl (C=O) groups is 1. The molecular weight excluding hydrogens is 318 g/mol. The van der Waals surface area contributed by atoms with Crippen LogP contribution in [0.25, 0.3) is 0 Å². The molecule has 7 nitrogen and oxygen atoms in total. The molecule has 0 radical (unpaired) electrons. The van der Waals surface area contributed by atoms with E-state index in [4.69, 9.17) is 4.74 Å². The molecule has 0 N–H and O–H groups in total. The van der Waals surface area contributed by atoms with Gasteiger partial charge >= 0.3 is 5.97 Å². The average Bonchev–Trinajstić information content (AvgIpc) is 2.90. The van der Waals surface area contributed by atoms with Crippen LogP contribution in [-0.2, 0) is 19.6 Å². The molecule has 130 valence electrons. The number of hydrogen-bond donors (Lipinski definition) is 0. The summed E-state index contributed by atoms with van der Waals surface area (Å²) < 4.78 is 33.7. The normalized spacial score (nSPS) is 17.6. The molecule has 0 spiro atoms. The molecule has 0 bridgehead atoms. The molecule has 1 fully saturated rings. The molecule has 0 saturated carbocycles. The Morgan fingerprint density at radius 2 is 2.00 bits per heavy atom. The first-order valence-corrected chi connectivity index (χ1v) is 9.44. The van der Waals surface area contributed by atoms with Crippen molar-refractivity contribution < 1.29 is 17.9 Å². The number of hydrogen-bond acceptors (Lipinski definition) is 5. The van der Waals surface area contributed by atoms with Gasteiger partial charge in [0.1, 0.15) is 4.90 Å². The van der Waals surface area contributed by atoms with Gasteiger partial charge in [-0.15, -0.1) is 0 Å². The van der Waals surface area contributed by atoms with E-state index in [9.17, 15) is 13.2 Å². The highest BCUT2D eigenvalue weighted by Crippen LogP contribution is 2.26. The van der Waals surface area contributed by atoms with E-state index >= 15 is 0 Å². The number of carbonyl (C=O) groups excluding carboxylic acids is 1. The Kier molecular flexibility index (Phi) is 5.46. The topological polar surface area (TPSA) is 81.5 Å². The minimum atomic E-state index is -3.57. The maximum Gasteiger partial charge on any atom is 0.309 e.